The van der Waals surface area contributed by atoms with Crippen molar-refractivity contribution in [3.8, 4) is 0 Å². The zero-order valence-electron chi connectivity index (χ0n) is 18.3. The van der Waals surface area contributed by atoms with Gasteiger partial charge in [0.25, 0.3) is 17.6 Å². The van der Waals surface area contributed by atoms with Gasteiger partial charge in [-0.15, -0.1) is 0 Å². The number of carbonyl (C=O) groups excluding carboxylic acids is 3. The predicted octanol–water partition coefficient (Wildman–Crippen LogP) is 2.25. The first-order valence-electron chi connectivity index (χ1n) is 10.2. The molecule has 0 saturated carbocycles. The van der Waals surface area contributed by atoms with Crippen molar-refractivity contribution in [2.75, 3.05) is 39.1 Å². The molecule has 8 heteroatoms. The van der Waals surface area contributed by atoms with Gasteiger partial charge in [-0.2, -0.15) is 0 Å². The number of hydrogen-bond acceptors (Lipinski definition) is 5. The van der Waals surface area contributed by atoms with Gasteiger partial charge in [0.05, 0.1) is 5.57 Å². The van der Waals surface area contributed by atoms with Crippen molar-refractivity contribution in [3.05, 3.63) is 70.5 Å². The van der Waals surface area contributed by atoms with Gasteiger partial charge >= 0.3 is 0 Å². The van der Waals surface area contributed by atoms with E-state index in [-0.39, 0.29) is 17.7 Å². The highest BCUT2D eigenvalue weighted by molar-refractivity contribution is 6.50. The Bertz CT molecular complexity index is 1190. The lowest BCUT2D eigenvalue weighted by Gasteiger charge is -2.34. The fourth-order valence-corrected chi connectivity index (χ4v) is 4.46. The SMILES string of the molecule is Cc1ccc(C(O)=C2C(=O)C(=O)N(CCN(C)C)[C@]23C(=O)N(C)c2ccccc23)cc1F. The number of aliphatic hydroxyl groups is 1. The van der Waals surface area contributed by atoms with Crippen LogP contribution in [0.3, 0.4) is 0 Å². The summed E-state index contributed by atoms with van der Waals surface area (Å²) in [5.41, 5.74) is -0.801. The zero-order valence-corrected chi connectivity index (χ0v) is 18.3. The molecule has 2 aliphatic heterocycles. The minimum absolute atomic E-state index is 0.0259. The van der Waals surface area contributed by atoms with E-state index in [0.29, 0.717) is 23.4 Å². The first-order valence-corrected chi connectivity index (χ1v) is 10.2. The molecule has 0 radical (unpaired) electrons. The third-order valence-corrected chi connectivity index (χ3v) is 6.16. The highest BCUT2D eigenvalue weighted by Crippen LogP contribution is 2.53. The first-order chi connectivity index (χ1) is 15.1. The quantitative estimate of drug-likeness (QED) is 0.451. The second-order valence-corrected chi connectivity index (χ2v) is 8.37. The van der Waals surface area contributed by atoms with Crippen LogP contribution in [0.2, 0.25) is 0 Å². The third kappa shape index (κ3) is 2.86. The van der Waals surface area contributed by atoms with Crippen LogP contribution in [0.1, 0.15) is 16.7 Å². The van der Waals surface area contributed by atoms with E-state index in [1.54, 1.807) is 38.2 Å². The van der Waals surface area contributed by atoms with Crippen LogP contribution in [0.5, 0.6) is 0 Å². The summed E-state index contributed by atoms with van der Waals surface area (Å²) >= 11 is 0. The van der Waals surface area contributed by atoms with E-state index in [4.69, 9.17) is 0 Å². The second-order valence-electron chi connectivity index (χ2n) is 8.37. The lowest BCUT2D eigenvalue weighted by molar-refractivity contribution is -0.143. The molecule has 4 rings (SSSR count). The maximum Gasteiger partial charge on any atom is 0.296 e. The number of benzene rings is 2. The first kappa shape index (κ1) is 21.7. The Balaban J connectivity index is 2.05. The Labute approximate surface area is 185 Å². The smallest absolute Gasteiger partial charge is 0.296 e. The number of carbonyl (C=O) groups is 3. The number of para-hydroxylation sites is 1. The van der Waals surface area contributed by atoms with Crippen LogP contribution < -0.4 is 4.90 Å². The molecule has 2 amide bonds. The Morgan fingerprint density at radius 3 is 2.47 bits per heavy atom. The van der Waals surface area contributed by atoms with Gasteiger partial charge in [0.2, 0.25) is 0 Å². The summed E-state index contributed by atoms with van der Waals surface area (Å²) in [5.74, 6) is -3.51. The van der Waals surface area contributed by atoms with Crippen LogP contribution in [0.4, 0.5) is 10.1 Å². The Morgan fingerprint density at radius 1 is 1.12 bits per heavy atom. The number of likely N-dealkylation sites (N-methyl/N-ethyl adjacent to an activating group) is 2. The van der Waals surface area contributed by atoms with Gasteiger partial charge in [-0.1, -0.05) is 30.3 Å². The van der Waals surface area contributed by atoms with Gasteiger partial charge in [-0.3, -0.25) is 14.4 Å². The molecule has 1 N–H and O–H groups in total. The van der Waals surface area contributed by atoms with Crippen LogP contribution in [0, 0.1) is 12.7 Å². The predicted molar refractivity (Wildman–Crippen MR) is 117 cm³/mol. The van der Waals surface area contributed by atoms with Crippen molar-refractivity contribution >= 4 is 29.0 Å². The Morgan fingerprint density at radius 2 is 1.81 bits per heavy atom. The van der Waals surface area contributed by atoms with Crippen LogP contribution >= 0.6 is 0 Å². The molecule has 2 heterocycles. The maximum absolute atomic E-state index is 14.3. The molecular weight excluding hydrogens is 413 g/mol. The fourth-order valence-electron chi connectivity index (χ4n) is 4.46. The number of fused-ring (bicyclic) bond motifs is 2. The number of ketones is 1. The van der Waals surface area contributed by atoms with Gasteiger partial charge in [0, 0.05) is 37.0 Å². The van der Waals surface area contributed by atoms with Gasteiger partial charge in [0.15, 0.2) is 5.54 Å². The van der Waals surface area contributed by atoms with Crippen molar-refractivity contribution in [1.82, 2.24) is 9.80 Å². The van der Waals surface area contributed by atoms with E-state index in [1.807, 2.05) is 19.0 Å². The number of aryl methyl sites for hydroxylation is 1. The number of halogens is 1. The monoisotopic (exact) mass is 437 g/mol. The molecule has 32 heavy (non-hydrogen) atoms. The highest BCUT2D eigenvalue weighted by atomic mass is 19.1. The van der Waals surface area contributed by atoms with Gasteiger partial charge in [-0.05, 0) is 38.7 Å². The second kappa shape index (κ2) is 7.56. The summed E-state index contributed by atoms with van der Waals surface area (Å²) in [6, 6.07) is 10.9. The standard InChI is InChI=1S/C24H24FN3O4/c1-14-9-10-15(13-17(14)25)20(29)19-21(30)22(31)28(12-11-26(2)3)24(19)16-7-5-6-8-18(16)27(4)23(24)32/h5-10,13,29H,11-12H2,1-4H3/t24-/m0/s1. The number of hydrogen-bond donors (Lipinski definition) is 1. The van der Waals surface area contributed by atoms with E-state index in [0.717, 1.165) is 6.07 Å². The molecule has 2 aromatic rings. The summed E-state index contributed by atoms with van der Waals surface area (Å²) in [6.07, 6.45) is 0. The van der Waals surface area contributed by atoms with Crippen LogP contribution in [0.25, 0.3) is 5.76 Å². The summed E-state index contributed by atoms with van der Waals surface area (Å²) in [7, 11) is 5.19. The molecule has 1 saturated heterocycles. The highest BCUT2D eigenvalue weighted by Gasteiger charge is 2.66. The fraction of sp³-hybridized carbons (Fsp3) is 0.292. The van der Waals surface area contributed by atoms with Gasteiger partial charge < -0.3 is 19.8 Å². The van der Waals surface area contributed by atoms with E-state index < -0.39 is 34.7 Å². The van der Waals surface area contributed by atoms with E-state index in [2.05, 4.69) is 0 Å². The van der Waals surface area contributed by atoms with Crippen molar-refractivity contribution in [3.63, 3.8) is 0 Å². The number of amides is 2. The van der Waals surface area contributed by atoms with Crippen molar-refractivity contribution < 1.29 is 23.9 Å². The van der Waals surface area contributed by atoms with E-state index in [1.165, 1.54) is 21.9 Å². The van der Waals surface area contributed by atoms with Crippen molar-refractivity contribution in [2.45, 2.75) is 12.5 Å². The summed E-state index contributed by atoms with van der Waals surface area (Å²) in [4.78, 5) is 44.6. The summed E-state index contributed by atoms with van der Waals surface area (Å²) < 4.78 is 14.3. The van der Waals surface area contributed by atoms with Crippen molar-refractivity contribution in [2.24, 2.45) is 0 Å². The third-order valence-electron chi connectivity index (χ3n) is 6.16. The van der Waals surface area contributed by atoms with Crippen molar-refractivity contribution in [1.29, 1.82) is 0 Å². The number of nitrogens with zero attached hydrogens (tertiary/aromatic N) is 3. The molecule has 0 unspecified atom stereocenters. The molecule has 1 spiro atoms. The number of anilines is 1. The number of Topliss-reactive ketones (excluding diaryl/α,β-unsaturated/α-hetero) is 1. The number of likely N-dealkylation sites (tertiary alicyclic amines) is 1. The minimum atomic E-state index is -1.82. The van der Waals surface area contributed by atoms with E-state index in [9.17, 15) is 23.9 Å². The Kier molecular flexibility index (Phi) is 5.13. The average molecular weight is 437 g/mol. The molecule has 0 aromatic heterocycles. The number of aliphatic hydroxyl groups excluding tert-OH is 1. The largest absolute Gasteiger partial charge is 0.507 e. The topological polar surface area (TPSA) is 81.2 Å². The average Bonchev–Trinajstić information content (AvgIpc) is 3.12. The zero-order chi connectivity index (χ0) is 23.4. The molecule has 1 fully saturated rings. The maximum atomic E-state index is 14.3. The lowest BCUT2D eigenvalue weighted by Crippen LogP contribution is -2.52. The summed E-state index contributed by atoms with van der Waals surface area (Å²) in [6.45, 7) is 2.06. The lowest BCUT2D eigenvalue weighted by atomic mass is 9.82. The number of rotatable bonds is 4. The molecule has 7 nitrogen and oxygen atoms in total. The Hall–Kier alpha value is -3.52. The van der Waals surface area contributed by atoms with Crippen LogP contribution in [-0.4, -0.2) is 66.7 Å². The van der Waals surface area contributed by atoms with Gasteiger partial charge in [-0.25, -0.2) is 4.39 Å². The molecule has 0 bridgehead atoms. The van der Waals surface area contributed by atoms with Gasteiger partial charge in [0.1, 0.15) is 11.6 Å². The van der Waals surface area contributed by atoms with Crippen LogP contribution in [-0.2, 0) is 19.9 Å². The molecule has 0 aliphatic carbocycles. The normalized spacial score (nSPS) is 21.9. The molecule has 2 aliphatic rings. The van der Waals surface area contributed by atoms with Crippen LogP contribution in [0.15, 0.2) is 48.0 Å². The summed E-state index contributed by atoms with van der Waals surface area (Å²) in [5, 5.41) is 11.2. The minimum Gasteiger partial charge on any atom is -0.507 e. The molecular formula is C24H24FN3O4. The molecule has 166 valence electrons. The molecule has 2 aromatic carbocycles. The molecule has 1 atom stereocenters. The van der Waals surface area contributed by atoms with E-state index >= 15 is 0 Å².